The van der Waals surface area contributed by atoms with Gasteiger partial charge in [0.2, 0.25) is 5.91 Å². The predicted molar refractivity (Wildman–Crippen MR) is 77.0 cm³/mol. The number of nitrogens with two attached hydrogens (primary N) is 1. The van der Waals surface area contributed by atoms with Crippen molar-refractivity contribution >= 4 is 5.91 Å². The molecular weight excluding hydrogens is 259 g/mol. The molecule has 4 nitrogen and oxygen atoms in total. The molecule has 3 N–H and O–H groups in total. The van der Waals surface area contributed by atoms with E-state index in [0.717, 1.165) is 0 Å². The maximum Gasteiger partial charge on any atom is 0.227 e. The summed E-state index contributed by atoms with van der Waals surface area (Å²) in [6.07, 6.45) is 1.43. The first-order valence-corrected chi connectivity index (χ1v) is 6.94. The lowest BCUT2D eigenvalue weighted by molar-refractivity contribution is -0.131. The SMILES string of the molecule is CCC(CC)(CN)C(=O)NCCOc1ccc(F)cc1. The fourth-order valence-corrected chi connectivity index (χ4v) is 2.00. The molecule has 0 aliphatic rings. The molecule has 0 saturated carbocycles. The fourth-order valence-electron chi connectivity index (χ4n) is 2.00. The van der Waals surface area contributed by atoms with Crippen LogP contribution in [-0.2, 0) is 4.79 Å². The summed E-state index contributed by atoms with van der Waals surface area (Å²) in [6.45, 7) is 5.00. The third-order valence-electron chi connectivity index (χ3n) is 3.70. The molecule has 0 heterocycles. The van der Waals surface area contributed by atoms with Crippen LogP contribution in [0, 0.1) is 11.2 Å². The van der Waals surface area contributed by atoms with Crippen molar-refractivity contribution in [2.45, 2.75) is 26.7 Å². The molecular formula is C15H23FN2O2. The molecule has 0 spiro atoms. The summed E-state index contributed by atoms with van der Waals surface area (Å²) in [5, 5.41) is 2.84. The zero-order valence-corrected chi connectivity index (χ0v) is 12.1. The second-order valence-electron chi connectivity index (χ2n) is 4.75. The highest BCUT2D eigenvalue weighted by Crippen LogP contribution is 2.24. The predicted octanol–water partition coefficient (Wildman–Crippen LogP) is 2.09. The van der Waals surface area contributed by atoms with Crippen LogP contribution >= 0.6 is 0 Å². The first-order chi connectivity index (χ1) is 9.57. The minimum Gasteiger partial charge on any atom is -0.492 e. The van der Waals surface area contributed by atoms with Gasteiger partial charge < -0.3 is 15.8 Å². The average molecular weight is 282 g/mol. The number of nitrogens with one attached hydrogen (secondary N) is 1. The molecule has 1 aromatic rings. The van der Waals surface area contributed by atoms with Crippen LogP contribution in [0.25, 0.3) is 0 Å². The van der Waals surface area contributed by atoms with E-state index in [0.29, 0.717) is 38.3 Å². The second kappa shape index (κ2) is 7.85. The topological polar surface area (TPSA) is 64.4 Å². The lowest BCUT2D eigenvalue weighted by Gasteiger charge is -2.28. The Balaban J connectivity index is 2.36. The number of hydrogen-bond donors (Lipinski definition) is 2. The summed E-state index contributed by atoms with van der Waals surface area (Å²) in [6, 6.07) is 5.78. The summed E-state index contributed by atoms with van der Waals surface area (Å²) in [5.41, 5.74) is 5.22. The van der Waals surface area contributed by atoms with Gasteiger partial charge in [0.1, 0.15) is 18.2 Å². The van der Waals surface area contributed by atoms with E-state index in [4.69, 9.17) is 10.5 Å². The van der Waals surface area contributed by atoms with E-state index in [1.807, 2.05) is 13.8 Å². The van der Waals surface area contributed by atoms with Crippen LogP contribution in [0.2, 0.25) is 0 Å². The Hall–Kier alpha value is -1.62. The first kappa shape index (κ1) is 16.4. The number of halogens is 1. The third-order valence-corrected chi connectivity index (χ3v) is 3.70. The molecule has 0 radical (unpaired) electrons. The van der Waals surface area contributed by atoms with Crippen LogP contribution in [-0.4, -0.2) is 25.6 Å². The summed E-state index contributed by atoms with van der Waals surface area (Å²) in [7, 11) is 0. The van der Waals surface area contributed by atoms with Crippen molar-refractivity contribution in [1.29, 1.82) is 0 Å². The molecule has 0 bridgehead atoms. The number of carbonyl (C=O) groups is 1. The van der Waals surface area contributed by atoms with E-state index in [2.05, 4.69) is 5.32 Å². The fraction of sp³-hybridized carbons (Fsp3) is 0.533. The van der Waals surface area contributed by atoms with Crippen LogP contribution in [0.4, 0.5) is 4.39 Å². The Morgan fingerprint density at radius 1 is 1.30 bits per heavy atom. The summed E-state index contributed by atoms with van der Waals surface area (Å²) in [5.74, 6) is 0.244. The highest BCUT2D eigenvalue weighted by molar-refractivity contribution is 5.82. The number of benzene rings is 1. The van der Waals surface area contributed by atoms with Crippen LogP contribution in [0.3, 0.4) is 0 Å². The molecule has 1 aromatic carbocycles. The lowest BCUT2D eigenvalue weighted by atomic mass is 9.81. The second-order valence-corrected chi connectivity index (χ2v) is 4.75. The zero-order chi connectivity index (χ0) is 15.0. The first-order valence-electron chi connectivity index (χ1n) is 6.94. The van der Waals surface area contributed by atoms with Crippen molar-refractivity contribution in [3.63, 3.8) is 0 Å². The summed E-state index contributed by atoms with van der Waals surface area (Å²) in [4.78, 5) is 12.1. The van der Waals surface area contributed by atoms with Gasteiger partial charge in [-0.25, -0.2) is 4.39 Å². The van der Waals surface area contributed by atoms with Gasteiger partial charge in [-0.15, -0.1) is 0 Å². The van der Waals surface area contributed by atoms with Crippen LogP contribution in [0.15, 0.2) is 24.3 Å². The Morgan fingerprint density at radius 3 is 2.40 bits per heavy atom. The van der Waals surface area contributed by atoms with Gasteiger partial charge in [0.15, 0.2) is 0 Å². The van der Waals surface area contributed by atoms with Gasteiger partial charge in [0.05, 0.1) is 12.0 Å². The molecule has 1 rings (SSSR count). The molecule has 0 saturated heterocycles. The van der Waals surface area contributed by atoms with Crippen molar-refractivity contribution in [1.82, 2.24) is 5.32 Å². The van der Waals surface area contributed by atoms with E-state index in [-0.39, 0.29) is 11.7 Å². The molecule has 1 amide bonds. The smallest absolute Gasteiger partial charge is 0.227 e. The Labute approximate surface area is 119 Å². The van der Waals surface area contributed by atoms with E-state index < -0.39 is 5.41 Å². The molecule has 0 unspecified atom stereocenters. The molecule has 0 aliphatic heterocycles. The highest BCUT2D eigenvalue weighted by Gasteiger charge is 2.32. The van der Waals surface area contributed by atoms with Crippen molar-refractivity contribution in [2.75, 3.05) is 19.7 Å². The van der Waals surface area contributed by atoms with Gasteiger partial charge in [-0.05, 0) is 37.1 Å². The quantitative estimate of drug-likeness (QED) is 0.718. The molecule has 5 heteroatoms. The van der Waals surface area contributed by atoms with E-state index in [1.165, 1.54) is 12.1 Å². The van der Waals surface area contributed by atoms with Crippen molar-refractivity contribution in [2.24, 2.45) is 11.1 Å². The van der Waals surface area contributed by atoms with Crippen LogP contribution in [0.1, 0.15) is 26.7 Å². The lowest BCUT2D eigenvalue weighted by Crippen LogP contribution is -2.46. The molecule has 0 fully saturated rings. The van der Waals surface area contributed by atoms with E-state index >= 15 is 0 Å². The molecule has 0 atom stereocenters. The molecule has 0 aromatic heterocycles. The molecule has 20 heavy (non-hydrogen) atoms. The molecule has 112 valence electrons. The summed E-state index contributed by atoms with van der Waals surface area (Å²) >= 11 is 0. The average Bonchev–Trinajstić information content (AvgIpc) is 2.48. The van der Waals surface area contributed by atoms with Gasteiger partial charge in [-0.2, -0.15) is 0 Å². The normalized spacial score (nSPS) is 11.2. The highest BCUT2D eigenvalue weighted by atomic mass is 19.1. The summed E-state index contributed by atoms with van der Waals surface area (Å²) < 4.78 is 18.1. The Kier molecular flexibility index (Phi) is 6.45. The number of rotatable bonds is 8. The number of amides is 1. The van der Waals surface area contributed by atoms with Crippen molar-refractivity contribution < 1.29 is 13.9 Å². The van der Waals surface area contributed by atoms with E-state index in [9.17, 15) is 9.18 Å². The number of ether oxygens (including phenoxy) is 1. The monoisotopic (exact) mass is 282 g/mol. The minimum atomic E-state index is -0.490. The number of hydrogen-bond acceptors (Lipinski definition) is 3. The Morgan fingerprint density at radius 2 is 1.90 bits per heavy atom. The Bertz CT molecular complexity index is 408. The third kappa shape index (κ3) is 4.20. The van der Waals surface area contributed by atoms with Gasteiger partial charge >= 0.3 is 0 Å². The minimum absolute atomic E-state index is 0.0345. The van der Waals surface area contributed by atoms with Crippen molar-refractivity contribution in [3.8, 4) is 5.75 Å². The van der Waals surface area contributed by atoms with Gasteiger partial charge in [-0.3, -0.25) is 4.79 Å². The van der Waals surface area contributed by atoms with Crippen LogP contribution < -0.4 is 15.8 Å². The maximum atomic E-state index is 12.7. The van der Waals surface area contributed by atoms with Crippen LogP contribution in [0.5, 0.6) is 5.75 Å². The van der Waals surface area contributed by atoms with Gasteiger partial charge in [0.25, 0.3) is 0 Å². The zero-order valence-electron chi connectivity index (χ0n) is 12.1. The largest absolute Gasteiger partial charge is 0.492 e. The molecule has 0 aliphatic carbocycles. The van der Waals surface area contributed by atoms with Crippen molar-refractivity contribution in [3.05, 3.63) is 30.1 Å². The maximum absolute atomic E-state index is 12.7. The van der Waals surface area contributed by atoms with Gasteiger partial charge in [-0.1, -0.05) is 13.8 Å². The number of carbonyl (C=O) groups excluding carboxylic acids is 1. The van der Waals surface area contributed by atoms with E-state index in [1.54, 1.807) is 12.1 Å². The standard InChI is InChI=1S/C15H23FN2O2/c1-3-15(4-2,11-17)14(19)18-9-10-20-13-7-5-12(16)6-8-13/h5-8H,3-4,9-11,17H2,1-2H3,(H,18,19). The van der Waals surface area contributed by atoms with Gasteiger partial charge in [0, 0.05) is 6.54 Å².